The zero-order valence-corrected chi connectivity index (χ0v) is 10.7. The van der Waals surface area contributed by atoms with Crippen LogP contribution < -0.4 is 4.74 Å². The van der Waals surface area contributed by atoms with E-state index in [1.807, 2.05) is 0 Å². The highest BCUT2D eigenvalue weighted by molar-refractivity contribution is 5.73. The maximum absolute atomic E-state index is 12.3. The third-order valence-electron chi connectivity index (χ3n) is 2.78. The molecule has 1 rings (SSSR count). The summed E-state index contributed by atoms with van der Waals surface area (Å²) in [7, 11) is 1.21. The normalized spacial score (nSPS) is 14.0. The molecule has 106 valence electrons. The van der Waals surface area contributed by atoms with Gasteiger partial charge in [-0.2, -0.15) is 8.78 Å². The first-order chi connectivity index (χ1) is 9.01. The molecule has 2 atom stereocenters. The molecule has 0 saturated heterocycles. The maximum Gasteiger partial charge on any atom is 0.387 e. The minimum atomic E-state index is -2.99. The van der Waals surface area contributed by atoms with Crippen LogP contribution in [0.2, 0.25) is 0 Å². The first-order valence-corrected chi connectivity index (χ1v) is 5.80. The largest absolute Gasteiger partial charge is 0.469 e. The molecule has 19 heavy (non-hydrogen) atoms. The van der Waals surface area contributed by atoms with Gasteiger partial charge in [0.2, 0.25) is 0 Å². The molecule has 0 radical (unpaired) electrons. The van der Waals surface area contributed by atoms with E-state index < -0.39 is 24.6 Å². The van der Waals surface area contributed by atoms with E-state index in [4.69, 9.17) is 0 Å². The Hall–Kier alpha value is -1.69. The van der Waals surface area contributed by atoms with Crippen molar-refractivity contribution in [3.05, 3.63) is 29.8 Å². The van der Waals surface area contributed by atoms with E-state index in [1.165, 1.54) is 25.3 Å². The summed E-state index contributed by atoms with van der Waals surface area (Å²) in [6.07, 6.45) is -0.941. The fourth-order valence-electron chi connectivity index (χ4n) is 1.82. The van der Waals surface area contributed by atoms with Gasteiger partial charge in [0.1, 0.15) is 5.75 Å². The molecule has 4 nitrogen and oxygen atoms in total. The average molecular weight is 274 g/mol. The molecule has 0 aromatic heterocycles. The van der Waals surface area contributed by atoms with Crippen molar-refractivity contribution in [2.24, 2.45) is 5.92 Å². The number of aliphatic hydroxyl groups excluding tert-OH is 1. The van der Waals surface area contributed by atoms with Crippen molar-refractivity contribution in [1.82, 2.24) is 0 Å². The van der Waals surface area contributed by atoms with E-state index >= 15 is 0 Å². The second-order valence-corrected chi connectivity index (χ2v) is 3.90. The fraction of sp³-hybridized carbons (Fsp3) is 0.462. The minimum Gasteiger partial charge on any atom is -0.469 e. The molecule has 0 aliphatic heterocycles. The van der Waals surface area contributed by atoms with Crippen molar-refractivity contribution >= 4 is 5.97 Å². The van der Waals surface area contributed by atoms with Crippen molar-refractivity contribution in [2.45, 2.75) is 26.1 Å². The Morgan fingerprint density at radius 3 is 2.53 bits per heavy atom. The Morgan fingerprint density at radius 1 is 1.37 bits per heavy atom. The van der Waals surface area contributed by atoms with Gasteiger partial charge in [0.25, 0.3) is 0 Å². The molecule has 6 heteroatoms. The molecule has 1 aromatic carbocycles. The molecule has 2 unspecified atom stereocenters. The number of carbonyl (C=O) groups is 1. The zero-order chi connectivity index (χ0) is 14.4. The lowest BCUT2D eigenvalue weighted by molar-refractivity contribution is -0.149. The van der Waals surface area contributed by atoms with Crippen molar-refractivity contribution < 1.29 is 28.2 Å². The number of rotatable bonds is 6. The number of para-hydroxylation sites is 1. The Labute approximate surface area is 109 Å². The van der Waals surface area contributed by atoms with E-state index in [0.29, 0.717) is 6.42 Å². The van der Waals surface area contributed by atoms with Gasteiger partial charge in [-0.15, -0.1) is 0 Å². The van der Waals surface area contributed by atoms with Gasteiger partial charge in [0, 0.05) is 5.56 Å². The number of halogens is 2. The number of alkyl halides is 2. The lowest BCUT2D eigenvalue weighted by Crippen LogP contribution is -2.23. The number of aliphatic hydroxyl groups is 1. The average Bonchev–Trinajstić information content (AvgIpc) is 2.39. The van der Waals surface area contributed by atoms with Crippen molar-refractivity contribution in [3.8, 4) is 5.75 Å². The van der Waals surface area contributed by atoms with Crippen LogP contribution in [-0.4, -0.2) is 24.8 Å². The summed E-state index contributed by atoms with van der Waals surface area (Å²) >= 11 is 0. The molecule has 0 saturated carbocycles. The van der Waals surface area contributed by atoms with E-state index in [-0.39, 0.29) is 11.3 Å². The van der Waals surface area contributed by atoms with Crippen molar-refractivity contribution in [3.63, 3.8) is 0 Å². The monoisotopic (exact) mass is 274 g/mol. The zero-order valence-electron chi connectivity index (χ0n) is 10.7. The molecule has 0 bridgehead atoms. The summed E-state index contributed by atoms with van der Waals surface area (Å²) in [5.74, 6) is -1.57. The van der Waals surface area contributed by atoms with Crippen LogP contribution in [0.15, 0.2) is 24.3 Å². The minimum absolute atomic E-state index is 0.139. The van der Waals surface area contributed by atoms with Crippen LogP contribution in [0.1, 0.15) is 25.0 Å². The highest BCUT2D eigenvalue weighted by Gasteiger charge is 2.29. The third-order valence-corrected chi connectivity index (χ3v) is 2.78. The van der Waals surface area contributed by atoms with Gasteiger partial charge < -0.3 is 14.6 Å². The number of carbonyl (C=O) groups excluding carboxylic acids is 1. The van der Waals surface area contributed by atoms with Gasteiger partial charge in [0.05, 0.1) is 19.1 Å². The van der Waals surface area contributed by atoms with Gasteiger partial charge >= 0.3 is 12.6 Å². The predicted octanol–water partition coefficient (Wildman–Crippen LogP) is 2.52. The summed E-state index contributed by atoms with van der Waals surface area (Å²) in [6, 6.07) is 5.83. The number of hydrogen-bond donors (Lipinski definition) is 1. The first kappa shape index (κ1) is 15.4. The summed E-state index contributed by atoms with van der Waals surface area (Å²) in [5, 5.41) is 10.1. The van der Waals surface area contributed by atoms with Gasteiger partial charge in [-0.25, -0.2) is 0 Å². The summed E-state index contributed by atoms with van der Waals surface area (Å²) in [4.78, 5) is 11.5. The molecule has 0 heterocycles. The first-order valence-electron chi connectivity index (χ1n) is 5.80. The van der Waals surface area contributed by atoms with Crippen LogP contribution in [0.4, 0.5) is 8.78 Å². The molecular weight excluding hydrogens is 258 g/mol. The number of methoxy groups -OCH3 is 1. The third kappa shape index (κ3) is 3.89. The highest BCUT2D eigenvalue weighted by Crippen LogP contribution is 2.33. The number of hydrogen-bond acceptors (Lipinski definition) is 4. The lowest BCUT2D eigenvalue weighted by Gasteiger charge is -2.21. The number of ether oxygens (including phenoxy) is 2. The Morgan fingerprint density at radius 2 is 2.00 bits per heavy atom. The van der Waals surface area contributed by atoms with Gasteiger partial charge in [-0.05, 0) is 12.5 Å². The van der Waals surface area contributed by atoms with Gasteiger partial charge in [-0.1, -0.05) is 25.1 Å². The Balaban J connectivity index is 3.03. The molecule has 0 aliphatic carbocycles. The second kappa shape index (κ2) is 7.04. The molecular formula is C13H16F2O4. The predicted molar refractivity (Wildman–Crippen MR) is 63.8 cm³/mol. The van der Waals surface area contributed by atoms with Crippen molar-refractivity contribution in [1.29, 1.82) is 0 Å². The molecule has 0 aliphatic rings. The van der Waals surface area contributed by atoms with Crippen LogP contribution in [0, 0.1) is 5.92 Å². The van der Waals surface area contributed by atoms with Crippen LogP contribution >= 0.6 is 0 Å². The van der Waals surface area contributed by atoms with E-state index in [2.05, 4.69) is 9.47 Å². The molecule has 1 aromatic rings. The van der Waals surface area contributed by atoms with Gasteiger partial charge in [0.15, 0.2) is 0 Å². The number of benzene rings is 1. The fourth-order valence-corrected chi connectivity index (χ4v) is 1.82. The Kier molecular flexibility index (Phi) is 5.69. The summed E-state index contributed by atoms with van der Waals surface area (Å²) in [6.45, 7) is -1.30. The molecule has 0 fully saturated rings. The quantitative estimate of drug-likeness (QED) is 0.810. The SMILES string of the molecule is CCC(C(=O)OC)C(O)c1ccccc1OC(F)F. The Bertz CT molecular complexity index is 423. The highest BCUT2D eigenvalue weighted by atomic mass is 19.3. The standard InChI is InChI=1S/C13H16F2O4/c1-3-8(12(17)18-2)11(16)9-6-4-5-7-10(9)19-13(14)15/h4-8,11,13,16H,3H2,1-2H3. The summed E-state index contributed by atoms with van der Waals surface area (Å²) < 4.78 is 33.5. The van der Waals surface area contributed by atoms with Crippen LogP contribution in [-0.2, 0) is 9.53 Å². The van der Waals surface area contributed by atoms with E-state index in [1.54, 1.807) is 13.0 Å². The lowest BCUT2D eigenvalue weighted by atomic mass is 9.93. The smallest absolute Gasteiger partial charge is 0.387 e. The summed E-state index contributed by atoms with van der Waals surface area (Å²) in [5.41, 5.74) is 0.139. The second-order valence-electron chi connectivity index (χ2n) is 3.90. The van der Waals surface area contributed by atoms with Gasteiger partial charge in [-0.3, -0.25) is 4.79 Å². The van der Waals surface area contributed by atoms with E-state index in [9.17, 15) is 18.7 Å². The van der Waals surface area contributed by atoms with Crippen molar-refractivity contribution in [2.75, 3.05) is 7.11 Å². The van der Waals surface area contributed by atoms with Crippen LogP contribution in [0.3, 0.4) is 0 Å². The molecule has 1 N–H and O–H groups in total. The van der Waals surface area contributed by atoms with Crippen LogP contribution in [0.25, 0.3) is 0 Å². The topological polar surface area (TPSA) is 55.8 Å². The molecule has 0 spiro atoms. The maximum atomic E-state index is 12.3. The number of esters is 1. The molecule has 0 amide bonds. The van der Waals surface area contributed by atoms with Crippen LogP contribution in [0.5, 0.6) is 5.75 Å². The van der Waals surface area contributed by atoms with E-state index in [0.717, 1.165) is 0 Å².